The van der Waals surface area contributed by atoms with Gasteiger partial charge in [0.25, 0.3) is 7.37 Å². The van der Waals surface area contributed by atoms with E-state index in [1.807, 2.05) is 0 Å². The molecule has 1 atom stereocenters. The van der Waals surface area contributed by atoms with Crippen LogP contribution in [-0.2, 0) is 9.09 Å². The molecule has 3 aliphatic heterocycles. The van der Waals surface area contributed by atoms with Gasteiger partial charge in [0.1, 0.15) is 30.2 Å². The molecule has 0 aromatic heterocycles. The van der Waals surface area contributed by atoms with Gasteiger partial charge in [0.05, 0.1) is 22.6 Å². The van der Waals surface area contributed by atoms with Crippen molar-refractivity contribution in [3.63, 3.8) is 0 Å². The number of benzene rings is 2. The number of fused-ring (bicyclic) bond motifs is 2. The summed E-state index contributed by atoms with van der Waals surface area (Å²) in [7, 11) is -3.97. The number of aromatic carboxylic acids is 1. The van der Waals surface area contributed by atoms with Crippen LogP contribution in [-0.4, -0.2) is 53.1 Å². The van der Waals surface area contributed by atoms with Gasteiger partial charge in [0, 0.05) is 47.0 Å². The van der Waals surface area contributed by atoms with Crippen LogP contribution in [0, 0.1) is 17.5 Å². The van der Waals surface area contributed by atoms with Gasteiger partial charge in [-0.1, -0.05) is 11.2 Å². The van der Waals surface area contributed by atoms with Gasteiger partial charge in [0.15, 0.2) is 11.6 Å². The van der Waals surface area contributed by atoms with Crippen LogP contribution in [0.5, 0.6) is 0 Å². The van der Waals surface area contributed by atoms with Gasteiger partial charge in [-0.15, -0.1) is 0 Å². The van der Waals surface area contributed by atoms with E-state index in [9.17, 15) is 14.3 Å². The van der Waals surface area contributed by atoms with E-state index in [0.717, 1.165) is 50.4 Å². The van der Waals surface area contributed by atoms with Crippen molar-refractivity contribution in [2.45, 2.75) is 39.2 Å². The van der Waals surface area contributed by atoms with E-state index in [1.54, 1.807) is 57.2 Å². The van der Waals surface area contributed by atoms with Crippen LogP contribution >= 0.6 is 7.37 Å². The number of anilines is 1. The van der Waals surface area contributed by atoms with E-state index < -0.39 is 53.2 Å². The minimum Gasteiger partial charge on any atom is -0.478 e. The predicted octanol–water partition coefficient (Wildman–Crippen LogP) is 6.80. The highest BCUT2D eigenvalue weighted by Crippen LogP contribution is 2.65. The number of hydrogen-bond acceptors (Lipinski definition) is 5. The van der Waals surface area contributed by atoms with Crippen LogP contribution in [0.3, 0.4) is 0 Å². The standard InChI is InChI=1S/C30H27F3N5O4P/c1-30(2,3)42-43(41)20-14-16(37-10-4-11-37)6-8-18(20)22(19-9-7-17(15-21(19)43)38-12-5-13-38)23-24(29(39)40)25(31)27(33)28(26(23)32)35-36-34/h6-9,14-15H,4-5,10-13H2,1-3H3/p+1. The molecule has 1 aliphatic carbocycles. The molecule has 2 saturated heterocycles. The Kier molecular flexibility index (Phi) is 6.92. The first-order chi connectivity index (χ1) is 20.4. The highest BCUT2D eigenvalue weighted by atomic mass is 31.2. The summed E-state index contributed by atoms with van der Waals surface area (Å²) in [6, 6.07) is 4.99. The number of carbonyl (C=O) groups is 1. The Morgan fingerprint density at radius 2 is 1.84 bits per heavy atom. The minimum absolute atomic E-state index is 0.123. The average molecular weight is 611 g/mol. The van der Waals surface area contributed by atoms with Crippen molar-refractivity contribution >= 4 is 41.3 Å². The molecule has 0 amide bonds. The van der Waals surface area contributed by atoms with Crippen molar-refractivity contribution in [1.29, 1.82) is 0 Å². The molecule has 13 heteroatoms. The second-order valence-electron chi connectivity index (χ2n) is 11.7. The Morgan fingerprint density at radius 3 is 2.40 bits per heavy atom. The van der Waals surface area contributed by atoms with E-state index in [2.05, 4.69) is 19.5 Å². The van der Waals surface area contributed by atoms with E-state index >= 15 is 13.3 Å². The Hall–Kier alpha value is -4.11. The molecular formula is C30H28F3N5O4P+. The molecule has 0 spiro atoms. The van der Waals surface area contributed by atoms with Crippen molar-refractivity contribution in [3.8, 4) is 0 Å². The monoisotopic (exact) mass is 610 g/mol. The molecule has 0 radical (unpaired) electrons. The van der Waals surface area contributed by atoms with Gasteiger partial charge in [-0.05, 0) is 62.1 Å². The summed E-state index contributed by atoms with van der Waals surface area (Å²) < 4.78 is 70.3. The molecule has 2 aromatic carbocycles. The second kappa shape index (κ2) is 10.3. The molecule has 4 aliphatic rings. The lowest BCUT2D eigenvalue weighted by atomic mass is 9.86. The molecule has 9 nitrogen and oxygen atoms in total. The molecule has 1 unspecified atom stereocenters. The molecule has 43 heavy (non-hydrogen) atoms. The van der Waals surface area contributed by atoms with Gasteiger partial charge < -0.3 is 14.5 Å². The van der Waals surface area contributed by atoms with Gasteiger partial charge in [0.2, 0.25) is 5.71 Å². The number of carboxylic acid groups (broad SMARTS) is 1. The fourth-order valence-corrected chi connectivity index (χ4v) is 8.58. The number of halogens is 3. The second-order valence-corrected chi connectivity index (χ2v) is 14.0. The lowest BCUT2D eigenvalue weighted by Crippen LogP contribution is -2.38. The molecule has 6 rings (SSSR count). The number of azide groups is 1. The van der Waals surface area contributed by atoms with Crippen molar-refractivity contribution < 1.29 is 36.7 Å². The van der Waals surface area contributed by atoms with E-state index in [0.29, 0.717) is 0 Å². The number of rotatable bonds is 5. The summed E-state index contributed by atoms with van der Waals surface area (Å²) in [5, 5.41) is 13.4. The molecule has 1 N–H and O–H groups in total. The number of hydrogen-bond donors (Lipinski definition) is 1. The van der Waals surface area contributed by atoms with Gasteiger partial charge in [-0.25, -0.2) is 22.5 Å². The van der Waals surface area contributed by atoms with Crippen LogP contribution in [0.4, 0.5) is 24.5 Å². The third-order valence-electron chi connectivity index (χ3n) is 7.89. The fourth-order valence-electron chi connectivity index (χ4n) is 5.74. The summed E-state index contributed by atoms with van der Waals surface area (Å²) in [6.45, 7) is 8.35. The van der Waals surface area contributed by atoms with Gasteiger partial charge in [-0.2, -0.15) is 0 Å². The van der Waals surface area contributed by atoms with Crippen molar-refractivity contribution in [3.05, 3.63) is 91.9 Å². The topological polar surface area (TPSA) is 119 Å². The van der Waals surface area contributed by atoms with E-state index in [4.69, 9.17) is 10.1 Å². The fraction of sp³-hybridized carbons (Fsp3) is 0.333. The number of allylic oxidation sites excluding steroid dienone is 5. The van der Waals surface area contributed by atoms with Crippen molar-refractivity contribution in [2.75, 3.05) is 31.1 Å². The van der Waals surface area contributed by atoms with Gasteiger partial charge in [-0.3, -0.25) is 4.57 Å². The van der Waals surface area contributed by atoms with Gasteiger partial charge >= 0.3 is 5.97 Å². The highest BCUT2D eigenvalue weighted by Gasteiger charge is 2.47. The summed E-state index contributed by atoms with van der Waals surface area (Å²) >= 11 is 0. The first kappa shape index (κ1) is 29.0. The molecule has 2 fully saturated rings. The maximum absolute atomic E-state index is 16.2. The molecule has 222 valence electrons. The SMILES string of the molecule is CC(C)(C)OP1(=O)C2=CC(=[N+]3CCC3)C=CC2=C(c2c(F)c(N=[N+]=[N-])c(F)c(F)c2C(=O)O)c2ccc(N3CCC3)cc21. The largest absolute Gasteiger partial charge is 0.478 e. The maximum atomic E-state index is 16.2. The third-order valence-corrected chi connectivity index (χ3v) is 10.7. The summed E-state index contributed by atoms with van der Waals surface area (Å²) in [5.74, 6) is -7.28. The molecular weight excluding hydrogens is 582 g/mol. The van der Waals surface area contributed by atoms with E-state index in [1.165, 1.54) is 0 Å². The lowest BCUT2D eigenvalue weighted by Gasteiger charge is -2.38. The zero-order chi connectivity index (χ0) is 30.8. The smallest absolute Gasteiger partial charge is 0.339 e. The summed E-state index contributed by atoms with van der Waals surface area (Å²) in [4.78, 5) is 16.9. The van der Waals surface area contributed by atoms with Crippen LogP contribution in [0.25, 0.3) is 16.0 Å². The summed E-state index contributed by atoms with van der Waals surface area (Å²) in [6.07, 6.45) is 6.93. The Balaban J connectivity index is 1.77. The van der Waals surface area contributed by atoms with E-state index in [-0.39, 0.29) is 27.3 Å². The Labute approximate surface area is 245 Å². The van der Waals surface area contributed by atoms with Crippen LogP contribution in [0.2, 0.25) is 0 Å². The van der Waals surface area contributed by atoms with Crippen LogP contribution < -0.4 is 10.2 Å². The minimum atomic E-state index is -3.97. The molecule has 0 bridgehead atoms. The molecule has 0 saturated carbocycles. The number of nitrogens with zero attached hydrogens (tertiary/aromatic N) is 5. The van der Waals surface area contributed by atoms with Crippen LogP contribution in [0.15, 0.2) is 52.4 Å². The summed E-state index contributed by atoms with van der Waals surface area (Å²) in [5.41, 5.74) is 6.31. The maximum Gasteiger partial charge on any atom is 0.339 e. The predicted molar refractivity (Wildman–Crippen MR) is 156 cm³/mol. The third kappa shape index (κ3) is 4.61. The zero-order valence-corrected chi connectivity index (χ0v) is 24.6. The molecule has 2 aromatic rings. The zero-order valence-electron chi connectivity index (χ0n) is 23.7. The average Bonchev–Trinajstić information content (AvgIpc) is 2.87. The van der Waals surface area contributed by atoms with Crippen molar-refractivity contribution in [2.24, 2.45) is 5.11 Å². The molecule has 3 heterocycles. The normalized spacial score (nSPS) is 21.0. The quantitative estimate of drug-likeness (QED) is 0.0998. The Morgan fingerprint density at radius 1 is 1.12 bits per heavy atom. The number of carboxylic acids is 1. The first-order valence-corrected chi connectivity index (χ1v) is 15.4. The Bertz CT molecular complexity index is 1840. The first-order valence-electron chi connectivity index (χ1n) is 13.8. The van der Waals surface area contributed by atoms with Crippen LogP contribution in [0.1, 0.15) is 55.1 Å². The lowest BCUT2D eigenvalue weighted by molar-refractivity contribution is -0.582. The highest BCUT2D eigenvalue weighted by molar-refractivity contribution is 7.71. The van der Waals surface area contributed by atoms with Crippen molar-refractivity contribution in [1.82, 2.24) is 0 Å².